The van der Waals surface area contributed by atoms with Crippen LogP contribution in [0.5, 0.6) is 0 Å². The van der Waals surface area contributed by atoms with Gasteiger partial charge in [-0.15, -0.1) is 11.8 Å². The molecule has 1 aromatic rings. The van der Waals surface area contributed by atoms with Crippen LogP contribution in [-0.4, -0.2) is 32.3 Å². The molecule has 2 aliphatic heterocycles. The van der Waals surface area contributed by atoms with Crippen molar-refractivity contribution in [2.45, 2.75) is 5.37 Å². The summed E-state index contributed by atoms with van der Waals surface area (Å²) in [5, 5.41) is 19.5. The zero-order valence-electron chi connectivity index (χ0n) is 9.94. The van der Waals surface area contributed by atoms with E-state index in [-0.39, 0.29) is 46.5 Å². The van der Waals surface area contributed by atoms with E-state index in [1.807, 2.05) is 0 Å². The molecule has 0 aromatic carbocycles. The number of rotatable bonds is 2. The molecule has 0 aliphatic carbocycles. The van der Waals surface area contributed by atoms with E-state index in [1.165, 1.54) is 28.3 Å². The Hall–Kier alpha value is -1.15. The maximum Gasteiger partial charge on any atom is 1.00 e. The van der Waals surface area contributed by atoms with Crippen LogP contribution in [-0.2, 0) is 9.59 Å². The first kappa shape index (κ1) is 14.3. The Morgan fingerprint density at radius 1 is 1.53 bits per heavy atom. The minimum Gasteiger partial charge on any atom is -0.543 e. The first-order chi connectivity index (χ1) is 8.68. The molecule has 1 fully saturated rings. The topological polar surface area (TPSA) is 86.2 Å². The SMILES string of the molecule is O=C([O-])C1=CS[C@@H]2/C(=C/c3cccnn3)C(=O)N12.[Na+]. The second-order valence-corrected chi connectivity index (χ2v) is 4.66. The smallest absolute Gasteiger partial charge is 0.543 e. The quantitative estimate of drug-likeness (QED) is 0.316. The third-order valence-electron chi connectivity index (χ3n) is 2.64. The molecule has 3 rings (SSSR count). The van der Waals surface area contributed by atoms with Crippen molar-refractivity contribution in [2.75, 3.05) is 0 Å². The van der Waals surface area contributed by atoms with Crippen LogP contribution in [0.3, 0.4) is 0 Å². The van der Waals surface area contributed by atoms with E-state index in [0.717, 1.165) is 0 Å². The van der Waals surface area contributed by atoms with Gasteiger partial charge in [0.15, 0.2) is 0 Å². The summed E-state index contributed by atoms with van der Waals surface area (Å²) in [6.45, 7) is 0. The maximum absolute atomic E-state index is 11.8. The fourth-order valence-corrected chi connectivity index (χ4v) is 2.92. The first-order valence-electron chi connectivity index (χ1n) is 5.08. The van der Waals surface area contributed by atoms with E-state index in [4.69, 9.17) is 0 Å². The van der Waals surface area contributed by atoms with Crippen LogP contribution in [0.15, 0.2) is 35.0 Å². The van der Waals surface area contributed by atoms with Crippen molar-refractivity contribution in [3.05, 3.63) is 40.7 Å². The molecule has 0 saturated carbocycles. The van der Waals surface area contributed by atoms with Gasteiger partial charge < -0.3 is 9.90 Å². The number of β-lactam (4-membered cyclic amide) rings is 1. The Morgan fingerprint density at radius 3 is 2.95 bits per heavy atom. The Kier molecular flexibility index (Phi) is 4.10. The number of carbonyl (C=O) groups is 2. The summed E-state index contributed by atoms with van der Waals surface area (Å²) in [6.07, 6.45) is 3.16. The molecule has 0 bridgehead atoms. The summed E-state index contributed by atoms with van der Waals surface area (Å²) in [6, 6.07) is 3.44. The summed E-state index contributed by atoms with van der Waals surface area (Å²) < 4.78 is 0. The molecule has 3 heterocycles. The van der Waals surface area contributed by atoms with Crippen molar-refractivity contribution >= 4 is 29.7 Å². The van der Waals surface area contributed by atoms with E-state index < -0.39 is 5.97 Å². The number of fused-ring (bicyclic) bond motifs is 1. The summed E-state index contributed by atoms with van der Waals surface area (Å²) >= 11 is 1.27. The Labute approximate surface area is 134 Å². The monoisotopic (exact) mass is 283 g/mol. The third-order valence-corrected chi connectivity index (χ3v) is 3.72. The molecule has 2 aliphatic rings. The van der Waals surface area contributed by atoms with Gasteiger partial charge >= 0.3 is 29.6 Å². The molecular formula is C11H6N3NaO3S. The number of thioether (sulfide) groups is 1. The molecule has 1 saturated heterocycles. The number of carboxylic acid groups (broad SMARTS) is 1. The largest absolute Gasteiger partial charge is 1.00 e. The van der Waals surface area contributed by atoms with E-state index in [9.17, 15) is 14.7 Å². The number of hydrogen-bond donors (Lipinski definition) is 0. The fourth-order valence-electron chi connectivity index (χ4n) is 1.81. The first-order valence-corrected chi connectivity index (χ1v) is 6.02. The summed E-state index contributed by atoms with van der Waals surface area (Å²) in [4.78, 5) is 23.8. The molecule has 0 spiro atoms. The van der Waals surface area contributed by atoms with Crippen molar-refractivity contribution in [1.29, 1.82) is 0 Å². The number of amides is 1. The van der Waals surface area contributed by atoms with Gasteiger partial charge in [-0.1, -0.05) is 0 Å². The molecule has 8 heteroatoms. The van der Waals surface area contributed by atoms with Gasteiger partial charge in [-0.05, 0) is 23.6 Å². The van der Waals surface area contributed by atoms with Crippen LogP contribution in [0.4, 0.5) is 0 Å². The zero-order chi connectivity index (χ0) is 12.7. The molecule has 1 aromatic heterocycles. The van der Waals surface area contributed by atoms with Gasteiger partial charge in [0.25, 0.3) is 5.91 Å². The van der Waals surface area contributed by atoms with E-state index in [1.54, 1.807) is 18.2 Å². The van der Waals surface area contributed by atoms with Crippen LogP contribution in [0, 0.1) is 0 Å². The van der Waals surface area contributed by atoms with Gasteiger partial charge in [0.1, 0.15) is 5.37 Å². The van der Waals surface area contributed by atoms with Gasteiger partial charge in [0, 0.05) is 6.20 Å². The van der Waals surface area contributed by atoms with Crippen molar-refractivity contribution < 1.29 is 44.3 Å². The van der Waals surface area contributed by atoms with Crippen LogP contribution in [0.25, 0.3) is 6.08 Å². The number of aromatic nitrogens is 2. The zero-order valence-corrected chi connectivity index (χ0v) is 12.8. The van der Waals surface area contributed by atoms with E-state index in [2.05, 4.69) is 10.2 Å². The number of nitrogens with zero attached hydrogens (tertiary/aromatic N) is 3. The average molecular weight is 283 g/mol. The summed E-state index contributed by atoms with van der Waals surface area (Å²) in [5.41, 5.74) is 1.02. The molecule has 90 valence electrons. The Morgan fingerprint density at radius 2 is 2.32 bits per heavy atom. The van der Waals surface area contributed by atoms with Crippen LogP contribution in [0.2, 0.25) is 0 Å². The minimum absolute atomic E-state index is 0. The van der Waals surface area contributed by atoms with Crippen LogP contribution < -0.4 is 34.7 Å². The number of carbonyl (C=O) groups excluding carboxylic acids is 2. The molecule has 0 unspecified atom stereocenters. The van der Waals surface area contributed by atoms with E-state index in [0.29, 0.717) is 11.3 Å². The van der Waals surface area contributed by atoms with Crippen molar-refractivity contribution in [2.24, 2.45) is 0 Å². The number of hydrogen-bond acceptors (Lipinski definition) is 6. The van der Waals surface area contributed by atoms with Gasteiger partial charge in [-0.25, -0.2) is 0 Å². The summed E-state index contributed by atoms with van der Waals surface area (Å²) in [5.74, 6) is -1.66. The number of carboxylic acids is 1. The average Bonchev–Trinajstić information content (AvgIpc) is 2.77. The third kappa shape index (κ3) is 2.34. The fraction of sp³-hybridized carbons (Fsp3) is 0.0909. The second kappa shape index (κ2) is 5.46. The van der Waals surface area contributed by atoms with Gasteiger partial charge in [0.2, 0.25) is 0 Å². The Balaban J connectivity index is 0.00000133. The summed E-state index contributed by atoms with van der Waals surface area (Å²) in [7, 11) is 0. The van der Waals surface area contributed by atoms with E-state index >= 15 is 0 Å². The Bertz CT molecular complexity index is 602. The molecule has 0 N–H and O–H groups in total. The minimum atomic E-state index is -1.34. The van der Waals surface area contributed by atoms with Crippen LogP contribution in [0.1, 0.15) is 5.69 Å². The van der Waals surface area contributed by atoms with Crippen molar-refractivity contribution in [3.63, 3.8) is 0 Å². The number of aliphatic carboxylic acids is 1. The molecule has 1 atom stereocenters. The maximum atomic E-state index is 11.8. The van der Waals surface area contributed by atoms with Crippen molar-refractivity contribution in [3.8, 4) is 0 Å². The molecule has 0 radical (unpaired) electrons. The predicted molar refractivity (Wildman–Crippen MR) is 61.3 cm³/mol. The second-order valence-electron chi connectivity index (χ2n) is 3.70. The molecule has 1 amide bonds. The van der Waals surface area contributed by atoms with Gasteiger partial charge in [-0.2, -0.15) is 10.2 Å². The predicted octanol–water partition coefficient (Wildman–Crippen LogP) is -3.63. The van der Waals surface area contributed by atoms with Crippen molar-refractivity contribution in [1.82, 2.24) is 15.1 Å². The van der Waals surface area contributed by atoms with Gasteiger partial charge in [-0.3, -0.25) is 9.69 Å². The molecule has 19 heavy (non-hydrogen) atoms. The van der Waals surface area contributed by atoms with Crippen LogP contribution >= 0.6 is 11.8 Å². The molecular weight excluding hydrogens is 277 g/mol. The normalized spacial score (nSPS) is 22.4. The van der Waals surface area contributed by atoms with Gasteiger partial charge in [0.05, 0.1) is 22.9 Å². The molecule has 6 nitrogen and oxygen atoms in total. The standard InChI is InChI=1S/C11H7N3O3S.Na/c15-9-7(4-6-2-1-3-12-13-6)10-14(9)8(5-18-10)11(16)17;/h1-5,10H,(H,16,17);/q;+1/p-1/b7-4+;/t10-;/m1./s1.